The Morgan fingerprint density at radius 2 is 1.77 bits per heavy atom. The minimum atomic E-state index is 0.828. The van der Waals surface area contributed by atoms with Gasteiger partial charge in [0.1, 0.15) is 5.75 Å². The Balaban J connectivity index is 1.54. The number of anilines is 1. The SMILES string of the molecule is COc1ccc(NC2=CC(c3cc4ccccc4[nH]3)=N/C2=C\c2[nH]c(C)cc2C)cc1. The molecule has 0 unspecified atom stereocenters. The Morgan fingerprint density at radius 1 is 0.968 bits per heavy atom. The van der Waals surface area contributed by atoms with Crippen LogP contribution in [-0.2, 0) is 0 Å². The van der Waals surface area contributed by atoms with E-state index in [2.05, 4.69) is 65.5 Å². The van der Waals surface area contributed by atoms with Crippen molar-refractivity contribution in [2.75, 3.05) is 12.4 Å². The van der Waals surface area contributed by atoms with E-state index in [4.69, 9.17) is 9.73 Å². The van der Waals surface area contributed by atoms with Crippen LogP contribution in [0.3, 0.4) is 0 Å². The van der Waals surface area contributed by atoms with Crippen LogP contribution in [0.25, 0.3) is 17.0 Å². The molecule has 0 fully saturated rings. The summed E-state index contributed by atoms with van der Waals surface area (Å²) in [4.78, 5) is 11.9. The molecule has 3 heterocycles. The van der Waals surface area contributed by atoms with Crippen LogP contribution < -0.4 is 10.1 Å². The molecule has 5 heteroatoms. The number of ether oxygens (including phenoxy) is 1. The van der Waals surface area contributed by atoms with Gasteiger partial charge in [0.2, 0.25) is 0 Å². The summed E-state index contributed by atoms with van der Waals surface area (Å²) in [6, 6.07) is 20.4. The zero-order valence-corrected chi connectivity index (χ0v) is 17.8. The molecule has 0 atom stereocenters. The Hall–Kier alpha value is -3.99. The lowest BCUT2D eigenvalue weighted by Crippen LogP contribution is -2.00. The summed E-state index contributed by atoms with van der Waals surface area (Å²) in [6.07, 6.45) is 4.19. The number of para-hydroxylation sites is 1. The third-order valence-corrected chi connectivity index (χ3v) is 5.44. The van der Waals surface area contributed by atoms with E-state index < -0.39 is 0 Å². The topological polar surface area (TPSA) is 65.2 Å². The molecule has 1 aliphatic rings. The monoisotopic (exact) mass is 408 g/mol. The summed E-state index contributed by atoms with van der Waals surface area (Å²) >= 11 is 0. The van der Waals surface area contributed by atoms with Crippen molar-refractivity contribution in [2.45, 2.75) is 13.8 Å². The number of rotatable bonds is 5. The predicted octanol–water partition coefficient (Wildman–Crippen LogP) is 5.96. The Kier molecular flexibility index (Phi) is 4.71. The summed E-state index contributed by atoms with van der Waals surface area (Å²) < 4.78 is 5.27. The lowest BCUT2D eigenvalue weighted by Gasteiger charge is -2.09. The lowest BCUT2D eigenvalue weighted by molar-refractivity contribution is 0.415. The van der Waals surface area contributed by atoms with Gasteiger partial charge in [-0.2, -0.15) is 0 Å². The number of allylic oxidation sites excluding steroid dienone is 1. The number of hydrogen-bond acceptors (Lipinski definition) is 3. The molecule has 3 N–H and O–H groups in total. The molecule has 154 valence electrons. The zero-order valence-electron chi connectivity index (χ0n) is 17.8. The van der Waals surface area contributed by atoms with Crippen molar-refractivity contribution >= 4 is 28.4 Å². The summed E-state index contributed by atoms with van der Waals surface area (Å²) in [6.45, 7) is 4.17. The van der Waals surface area contributed by atoms with Crippen LogP contribution >= 0.6 is 0 Å². The fourth-order valence-corrected chi connectivity index (χ4v) is 3.86. The highest BCUT2D eigenvalue weighted by Crippen LogP contribution is 2.28. The van der Waals surface area contributed by atoms with Crippen LogP contribution in [0.5, 0.6) is 5.75 Å². The quantitative estimate of drug-likeness (QED) is 0.381. The van der Waals surface area contributed by atoms with Gasteiger partial charge in [-0.15, -0.1) is 0 Å². The number of aromatic amines is 2. The van der Waals surface area contributed by atoms with Gasteiger partial charge < -0.3 is 20.0 Å². The van der Waals surface area contributed by atoms with E-state index in [1.165, 1.54) is 10.9 Å². The number of aliphatic imine (C=N–C) groups is 1. The number of nitrogens with one attached hydrogen (secondary N) is 3. The molecule has 2 aromatic heterocycles. The highest BCUT2D eigenvalue weighted by atomic mass is 16.5. The minimum absolute atomic E-state index is 0.828. The van der Waals surface area contributed by atoms with Gasteiger partial charge in [0, 0.05) is 28.0 Å². The highest BCUT2D eigenvalue weighted by Gasteiger charge is 2.18. The number of H-pyrrole nitrogens is 2. The van der Waals surface area contributed by atoms with Crippen LogP contribution in [0.15, 0.2) is 83.1 Å². The largest absolute Gasteiger partial charge is 0.497 e. The van der Waals surface area contributed by atoms with E-state index in [0.29, 0.717) is 0 Å². The summed E-state index contributed by atoms with van der Waals surface area (Å²) in [7, 11) is 1.67. The van der Waals surface area contributed by atoms with Crippen LogP contribution in [0.1, 0.15) is 22.6 Å². The van der Waals surface area contributed by atoms with Gasteiger partial charge in [0.15, 0.2) is 0 Å². The van der Waals surface area contributed by atoms with Gasteiger partial charge in [0.25, 0.3) is 0 Å². The van der Waals surface area contributed by atoms with Gasteiger partial charge in [0.05, 0.1) is 29.9 Å². The van der Waals surface area contributed by atoms with Crippen molar-refractivity contribution in [3.05, 3.63) is 101 Å². The first kappa shape index (κ1) is 19.0. The minimum Gasteiger partial charge on any atom is -0.497 e. The number of aromatic nitrogens is 2. The van der Waals surface area contributed by atoms with Gasteiger partial charge >= 0.3 is 0 Å². The molecule has 2 aromatic carbocycles. The standard InChI is InChI=1S/C26H24N4O/c1-16-12-17(2)27-22(16)14-25-24(28-19-8-10-20(31-3)11-9-19)15-26(30-25)23-13-18-6-4-5-7-21(18)29-23/h4-15,27-29H,1-3H3/b25-14-. The van der Waals surface area contributed by atoms with E-state index in [-0.39, 0.29) is 0 Å². The molecule has 5 nitrogen and oxygen atoms in total. The Bertz CT molecular complexity index is 1320. The molecule has 0 saturated heterocycles. The molecular formula is C26H24N4O. The average molecular weight is 409 g/mol. The van der Waals surface area contributed by atoms with Gasteiger partial charge in [-0.25, -0.2) is 4.99 Å². The second-order valence-corrected chi connectivity index (χ2v) is 7.76. The summed E-state index contributed by atoms with van der Waals surface area (Å²) in [5.41, 5.74) is 9.21. The number of hydrogen-bond donors (Lipinski definition) is 3. The van der Waals surface area contributed by atoms with Crippen molar-refractivity contribution in [1.29, 1.82) is 0 Å². The van der Waals surface area contributed by atoms with E-state index in [9.17, 15) is 0 Å². The van der Waals surface area contributed by atoms with Crippen LogP contribution in [0, 0.1) is 13.8 Å². The van der Waals surface area contributed by atoms with E-state index in [1.807, 2.05) is 36.4 Å². The first-order valence-electron chi connectivity index (χ1n) is 10.3. The third kappa shape index (κ3) is 3.78. The maximum absolute atomic E-state index is 5.27. The fourth-order valence-electron chi connectivity index (χ4n) is 3.86. The first-order valence-corrected chi connectivity index (χ1v) is 10.3. The number of fused-ring (bicyclic) bond motifs is 1. The molecular weight excluding hydrogens is 384 g/mol. The maximum atomic E-state index is 5.27. The number of nitrogens with zero attached hydrogens (tertiary/aromatic N) is 1. The lowest BCUT2D eigenvalue weighted by atomic mass is 10.2. The second-order valence-electron chi connectivity index (χ2n) is 7.76. The molecule has 4 aromatic rings. The Labute approximate surface area is 181 Å². The molecule has 0 aliphatic carbocycles. The molecule has 0 saturated carbocycles. The molecule has 0 amide bonds. The molecule has 1 aliphatic heterocycles. The maximum Gasteiger partial charge on any atom is 0.119 e. The first-order chi connectivity index (χ1) is 15.1. The number of benzene rings is 2. The van der Waals surface area contributed by atoms with Crippen molar-refractivity contribution in [2.24, 2.45) is 4.99 Å². The molecule has 31 heavy (non-hydrogen) atoms. The van der Waals surface area contributed by atoms with Crippen molar-refractivity contribution in [3.8, 4) is 5.75 Å². The van der Waals surface area contributed by atoms with Crippen LogP contribution in [0.4, 0.5) is 5.69 Å². The molecule has 5 rings (SSSR count). The number of aryl methyl sites for hydroxylation is 2. The van der Waals surface area contributed by atoms with Gasteiger partial charge in [-0.05, 0) is 74.0 Å². The fraction of sp³-hybridized carbons (Fsp3) is 0.115. The second kappa shape index (κ2) is 7.69. The summed E-state index contributed by atoms with van der Waals surface area (Å²) in [5.74, 6) is 0.828. The van der Waals surface area contributed by atoms with Crippen molar-refractivity contribution in [3.63, 3.8) is 0 Å². The van der Waals surface area contributed by atoms with Crippen LogP contribution in [-0.4, -0.2) is 22.8 Å². The number of methoxy groups -OCH3 is 1. The molecule has 0 bridgehead atoms. The van der Waals surface area contributed by atoms with E-state index >= 15 is 0 Å². The normalized spacial score (nSPS) is 14.7. The molecule has 0 radical (unpaired) electrons. The smallest absolute Gasteiger partial charge is 0.119 e. The highest BCUT2D eigenvalue weighted by molar-refractivity contribution is 6.13. The Morgan fingerprint density at radius 3 is 2.48 bits per heavy atom. The zero-order chi connectivity index (χ0) is 21.4. The summed E-state index contributed by atoms with van der Waals surface area (Å²) in [5, 5.41) is 4.69. The van der Waals surface area contributed by atoms with Crippen molar-refractivity contribution < 1.29 is 4.74 Å². The average Bonchev–Trinajstić information content (AvgIpc) is 3.46. The van der Waals surface area contributed by atoms with Gasteiger partial charge in [-0.1, -0.05) is 18.2 Å². The van der Waals surface area contributed by atoms with Crippen LogP contribution in [0.2, 0.25) is 0 Å². The van der Waals surface area contributed by atoms with E-state index in [1.54, 1.807) is 7.11 Å². The van der Waals surface area contributed by atoms with Gasteiger partial charge in [-0.3, -0.25) is 0 Å². The van der Waals surface area contributed by atoms with E-state index in [0.717, 1.165) is 51.1 Å². The third-order valence-electron chi connectivity index (χ3n) is 5.44. The van der Waals surface area contributed by atoms with Crippen molar-refractivity contribution in [1.82, 2.24) is 9.97 Å². The predicted molar refractivity (Wildman–Crippen MR) is 128 cm³/mol. The molecule has 0 spiro atoms.